The van der Waals surface area contributed by atoms with E-state index in [1.807, 2.05) is 6.07 Å². The van der Waals surface area contributed by atoms with Crippen molar-refractivity contribution < 1.29 is 9.13 Å². The molecular weight excluding hydrogens is 323 g/mol. The first-order chi connectivity index (χ1) is 12.7. The van der Waals surface area contributed by atoms with Crippen molar-refractivity contribution in [3.63, 3.8) is 0 Å². The lowest BCUT2D eigenvalue weighted by molar-refractivity contribution is 0.155. The van der Waals surface area contributed by atoms with E-state index in [1.54, 1.807) is 13.2 Å². The van der Waals surface area contributed by atoms with Crippen LogP contribution in [0.1, 0.15) is 94.6 Å². The minimum absolute atomic E-state index is 0.100. The predicted octanol–water partition coefficient (Wildman–Crippen LogP) is 7.24. The zero-order valence-electron chi connectivity index (χ0n) is 16.8. The number of rotatable bonds is 7. The Balaban J connectivity index is 1.47. The second-order valence-electron chi connectivity index (χ2n) is 8.82. The van der Waals surface area contributed by atoms with E-state index in [4.69, 9.17) is 4.74 Å². The number of benzene rings is 1. The molecular formula is C24H37FO. The monoisotopic (exact) mass is 360 g/mol. The standard InChI is InChI=1S/C24H37FO/c1-3-4-5-18-6-8-19(9-7-18)20-10-12-21(13-11-20)22-14-15-23(17-26-2)24(25)16-22/h14-16,18-21H,3-13,17H2,1-2H3. The highest BCUT2D eigenvalue weighted by Gasteiger charge is 2.31. The molecule has 3 rings (SSSR count). The van der Waals surface area contributed by atoms with Crippen molar-refractivity contribution in [2.45, 2.75) is 90.1 Å². The van der Waals surface area contributed by atoms with E-state index >= 15 is 0 Å². The minimum Gasteiger partial charge on any atom is -0.380 e. The molecule has 146 valence electrons. The third-order valence-corrected chi connectivity index (χ3v) is 7.14. The molecule has 1 nitrogen and oxygen atoms in total. The van der Waals surface area contributed by atoms with Gasteiger partial charge < -0.3 is 4.74 Å². The molecule has 2 heteroatoms. The molecule has 2 saturated carbocycles. The van der Waals surface area contributed by atoms with Gasteiger partial charge in [0.15, 0.2) is 0 Å². The molecule has 0 aliphatic heterocycles. The predicted molar refractivity (Wildman–Crippen MR) is 107 cm³/mol. The second kappa shape index (κ2) is 9.88. The summed E-state index contributed by atoms with van der Waals surface area (Å²) in [5.41, 5.74) is 1.87. The fourth-order valence-corrected chi connectivity index (χ4v) is 5.46. The summed E-state index contributed by atoms with van der Waals surface area (Å²) in [6.45, 7) is 2.67. The summed E-state index contributed by atoms with van der Waals surface area (Å²) in [4.78, 5) is 0. The topological polar surface area (TPSA) is 9.23 Å². The Morgan fingerprint density at radius 3 is 2.19 bits per heavy atom. The van der Waals surface area contributed by atoms with Gasteiger partial charge in [0, 0.05) is 12.7 Å². The summed E-state index contributed by atoms with van der Waals surface area (Å²) < 4.78 is 19.3. The van der Waals surface area contributed by atoms with Crippen molar-refractivity contribution >= 4 is 0 Å². The SMILES string of the molecule is CCCCC1CCC(C2CCC(c3ccc(COC)c(F)c3)CC2)CC1. The van der Waals surface area contributed by atoms with Crippen molar-refractivity contribution in [1.29, 1.82) is 0 Å². The van der Waals surface area contributed by atoms with Gasteiger partial charge in [0.05, 0.1) is 6.61 Å². The van der Waals surface area contributed by atoms with Crippen molar-refractivity contribution in [1.82, 2.24) is 0 Å². The first-order valence-electron chi connectivity index (χ1n) is 11.0. The van der Waals surface area contributed by atoms with Gasteiger partial charge in [-0.25, -0.2) is 4.39 Å². The van der Waals surface area contributed by atoms with Gasteiger partial charge in [-0.05, 0) is 73.8 Å². The first kappa shape index (κ1) is 19.9. The molecule has 0 atom stereocenters. The van der Waals surface area contributed by atoms with Crippen LogP contribution in [-0.2, 0) is 11.3 Å². The highest BCUT2D eigenvalue weighted by molar-refractivity contribution is 5.27. The molecule has 1 aromatic rings. The maximum absolute atomic E-state index is 14.2. The van der Waals surface area contributed by atoms with Crippen molar-refractivity contribution in [3.05, 3.63) is 35.1 Å². The summed E-state index contributed by atoms with van der Waals surface area (Å²) in [5, 5.41) is 0. The minimum atomic E-state index is -0.100. The lowest BCUT2D eigenvalue weighted by Crippen LogP contribution is -2.25. The van der Waals surface area contributed by atoms with Gasteiger partial charge in [-0.15, -0.1) is 0 Å². The summed E-state index contributed by atoms with van der Waals surface area (Å²) >= 11 is 0. The Kier molecular flexibility index (Phi) is 7.54. The van der Waals surface area contributed by atoms with Crippen molar-refractivity contribution in [3.8, 4) is 0 Å². The van der Waals surface area contributed by atoms with Crippen LogP contribution in [0.3, 0.4) is 0 Å². The van der Waals surface area contributed by atoms with Crippen molar-refractivity contribution in [2.75, 3.05) is 7.11 Å². The molecule has 0 bridgehead atoms. The lowest BCUT2D eigenvalue weighted by atomic mass is 9.68. The van der Waals surface area contributed by atoms with Crippen LogP contribution < -0.4 is 0 Å². The largest absolute Gasteiger partial charge is 0.380 e. The van der Waals surface area contributed by atoms with Crippen LogP contribution >= 0.6 is 0 Å². The van der Waals surface area contributed by atoms with E-state index in [-0.39, 0.29) is 5.82 Å². The van der Waals surface area contributed by atoms with E-state index in [2.05, 4.69) is 13.0 Å². The molecule has 0 radical (unpaired) electrons. The third kappa shape index (κ3) is 5.09. The van der Waals surface area contributed by atoms with Crippen LogP contribution in [0.5, 0.6) is 0 Å². The Labute approximate surface area is 159 Å². The second-order valence-corrected chi connectivity index (χ2v) is 8.82. The normalized spacial score (nSPS) is 29.7. The average molecular weight is 361 g/mol. The van der Waals surface area contributed by atoms with Crippen LogP contribution in [0.15, 0.2) is 18.2 Å². The Morgan fingerprint density at radius 1 is 0.962 bits per heavy atom. The molecule has 0 amide bonds. The number of methoxy groups -OCH3 is 1. The van der Waals surface area contributed by atoms with E-state index in [0.29, 0.717) is 18.1 Å². The number of ether oxygens (including phenoxy) is 1. The van der Waals surface area contributed by atoms with Crippen LogP contribution in [0, 0.1) is 23.6 Å². The summed E-state index contributed by atoms with van der Waals surface area (Å²) in [5.74, 6) is 3.36. The highest BCUT2D eigenvalue weighted by atomic mass is 19.1. The zero-order valence-corrected chi connectivity index (χ0v) is 16.8. The molecule has 0 spiro atoms. The fraction of sp³-hybridized carbons (Fsp3) is 0.750. The zero-order chi connectivity index (χ0) is 18.4. The molecule has 1 aromatic carbocycles. The lowest BCUT2D eigenvalue weighted by Gasteiger charge is -2.38. The van der Waals surface area contributed by atoms with Crippen LogP contribution in [-0.4, -0.2) is 7.11 Å². The van der Waals surface area contributed by atoms with Crippen LogP contribution in [0.4, 0.5) is 4.39 Å². The van der Waals surface area contributed by atoms with E-state index in [9.17, 15) is 4.39 Å². The van der Waals surface area contributed by atoms with Crippen LogP contribution in [0.25, 0.3) is 0 Å². The number of hydrogen-bond acceptors (Lipinski definition) is 1. The third-order valence-electron chi connectivity index (χ3n) is 7.14. The van der Waals surface area contributed by atoms with Gasteiger partial charge >= 0.3 is 0 Å². The van der Waals surface area contributed by atoms with Gasteiger partial charge in [0.25, 0.3) is 0 Å². The molecule has 0 heterocycles. The molecule has 2 aliphatic carbocycles. The van der Waals surface area contributed by atoms with Gasteiger partial charge in [-0.1, -0.05) is 51.2 Å². The van der Waals surface area contributed by atoms with Gasteiger partial charge in [0.1, 0.15) is 5.82 Å². The maximum Gasteiger partial charge on any atom is 0.129 e. The molecule has 0 unspecified atom stereocenters. The summed E-state index contributed by atoms with van der Waals surface area (Å²) in [7, 11) is 1.62. The van der Waals surface area contributed by atoms with E-state index < -0.39 is 0 Å². The molecule has 2 aliphatic rings. The van der Waals surface area contributed by atoms with Gasteiger partial charge in [-0.3, -0.25) is 0 Å². The van der Waals surface area contributed by atoms with E-state index in [0.717, 1.165) is 17.8 Å². The average Bonchev–Trinajstić information content (AvgIpc) is 2.69. The molecule has 0 saturated heterocycles. The summed E-state index contributed by atoms with van der Waals surface area (Å²) in [6, 6.07) is 5.80. The first-order valence-corrected chi connectivity index (χ1v) is 11.0. The van der Waals surface area contributed by atoms with Gasteiger partial charge in [0.2, 0.25) is 0 Å². The molecule has 26 heavy (non-hydrogen) atoms. The Morgan fingerprint density at radius 2 is 1.62 bits per heavy atom. The quantitative estimate of drug-likeness (QED) is 0.498. The highest BCUT2D eigenvalue weighted by Crippen LogP contribution is 2.44. The smallest absolute Gasteiger partial charge is 0.129 e. The fourth-order valence-electron chi connectivity index (χ4n) is 5.46. The van der Waals surface area contributed by atoms with Crippen molar-refractivity contribution in [2.24, 2.45) is 17.8 Å². The number of halogens is 1. The Bertz CT molecular complexity index is 539. The van der Waals surface area contributed by atoms with Crippen LogP contribution in [0.2, 0.25) is 0 Å². The number of hydrogen-bond donors (Lipinski definition) is 0. The summed E-state index contributed by atoms with van der Waals surface area (Å²) in [6.07, 6.45) is 15.2. The molecule has 2 fully saturated rings. The Hall–Kier alpha value is -0.890. The number of unbranched alkanes of at least 4 members (excludes halogenated alkanes) is 1. The molecule has 0 aromatic heterocycles. The maximum atomic E-state index is 14.2. The molecule has 0 N–H and O–H groups in total. The van der Waals surface area contributed by atoms with E-state index in [1.165, 1.54) is 76.2 Å². The van der Waals surface area contributed by atoms with Gasteiger partial charge in [-0.2, -0.15) is 0 Å².